The fourth-order valence-electron chi connectivity index (χ4n) is 5.28. The molecule has 2 amide bonds. The molecule has 0 aromatic heterocycles. The van der Waals surface area contributed by atoms with E-state index in [2.05, 4.69) is 15.4 Å². The molecule has 3 N–H and O–H groups in total. The summed E-state index contributed by atoms with van der Waals surface area (Å²) in [7, 11) is 0. The molecule has 2 unspecified atom stereocenters. The van der Waals surface area contributed by atoms with Crippen molar-refractivity contribution in [3.63, 3.8) is 0 Å². The lowest BCUT2D eigenvalue weighted by Crippen LogP contribution is -2.84. The summed E-state index contributed by atoms with van der Waals surface area (Å²) in [5, 5.41) is 16.7. The van der Waals surface area contributed by atoms with Crippen LogP contribution in [-0.2, 0) is 14.3 Å². The zero-order valence-electron chi connectivity index (χ0n) is 16.9. The van der Waals surface area contributed by atoms with E-state index in [1.54, 1.807) is 18.2 Å². The van der Waals surface area contributed by atoms with Gasteiger partial charge >= 0.3 is 6.36 Å². The van der Waals surface area contributed by atoms with Gasteiger partial charge in [0.2, 0.25) is 5.91 Å². The second kappa shape index (κ2) is 7.23. The van der Waals surface area contributed by atoms with E-state index in [-0.39, 0.29) is 18.2 Å². The summed E-state index contributed by atoms with van der Waals surface area (Å²) in [6.45, 7) is -0.503. The van der Waals surface area contributed by atoms with Crippen molar-refractivity contribution in [2.75, 3.05) is 6.61 Å². The summed E-state index contributed by atoms with van der Waals surface area (Å²) in [5.74, 6) is -1.03. The highest BCUT2D eigenvalue weighted by Gasteiger charge is 2.70. The Hall–Kier alpha value is -2.04. The summed E-state index contributed by atoms with van der Waals surface area (Å²) < 4.78 is 45.9. The van der Waals surface area contributed by atoms with Gasteiger partial charge in [0.25, 0.3) is 5.91 Å². The van der Waals surface area contributed by atoms with E-state index < -0.39 is 48.1 Å². The number of fused-ring (bicyclic) bond motifs is 1. The maximum atomic E-state index is 12.7. The molecule has 0 saturated heterocycles. The number of alkyl halides is 3. The van der Waals surface area contributed by atoms with E-state index >= 15 is 0 Å². The van der Waals surface area contributed by atoms with Gasteiger partial charge in [0.15, 0.2) is 6.10 Å². The highest BCUT2D eigenvalue weighted by molar-refractivity contribution is 6.30. The average Bonchev–Trinajstić information content (AvgIpc) is 3.43. The lowest BCUT2D eigenvalue weighted by Gasteiger charge is -2.70. The van der Waals surface area contributed by atoms with Crippen molar-refractivity contribution in [2.45, 2.75) is 61.8 Å². The molecule has 4 aliphatic carbocycles. The Morgan fingerprint density at radius 3 is 2.47 bits per heavy atom. The molecular weight excluding hydrogens is 453 g/mol. The standard InChI is InChI=1S/C21H22ClF3N2O5/c22-11-1-2-15-13(4-11)14(28)5-16(32-15)18(30)27-20-7-19(8-20,9-20)26-17(29)12-3-10(12)6-31-21(23,24)25/h1-2,4,10,12,14,16,28H,3,5-9H2,(H,26,29)(H,27,30)/t10?,12?,14-,16-,19?,20?/m1/s1. The van der Waals surface area contributed by atoms with Gasteiger partial charge in [0.1, 0.15) is 5.75 Å². The van der Waals surface area contributed by atoms with Gasteiger partial charge in [0.05, 0.1) is 12.7 Å². The molecule has 1 aromatic carbocycles. The van der Waals surface area contributed by atoms with Crippen LogP contribution in [0, 0.1) is 11.8 Å². The first-order chi connectivity index (χ1) is 15.0. The van der Waals surface area contributed by atoms with Gasteiger partial charge in [-0.2, -0.15) is 0 Å². The maximum absolute atomic E-state index is 12.7. The summed E-state index contributed by atoms with van der Waals surface area (Å²) >= 11 is 5.95. The minimum absolute atomic E-state index is 0.111. The molecule has 0 spiro atoms. The third-order valence-corrected chi connectivity index (χ3v) is 7.09. The number of halogens is 4. The van der Waals surface area contributed by atoms with Crippen LogP contribution in [0.4, 0.5) is 13.2 Å². The van der Waals surface area contributed by atoms with Gasteiger partial charge in [-0.1, -0.05) is 11.6 Å². The van der Waals surface area contributed by atoms with Crippen LogP contribution in [0.25, 0.3) is 0 Å². The molecule has 2 bridgehead atoms. The number of hydrogen-bond donors (Lipinski definition) is 3. The maximum Gasteiger partial charge on any atom is 0.522 e. The second-order valence-corrected chi connectivity index (χ2v) is 9.91. The van der Waals surface area contributed by atoms with Crippen molar-refractivity contribution in [1.82, 2.24) is 10.6 Å². The van der Waals surface area contributed by atoms with Crippen molar-refractivity contribution in [3.05, 3.63) is 28.8 Å². The molecule has 0 radical (unpaired) electrons. The normalized spacial score (nSPS) is 36.7. The third-order valence-electron chi connectivity index (χ3n) is 6.86. The number of amides is 2. The number of aliphatic hydroxyl groups excluding tert-OH is 1. The van der Waals surface area contributed by atoms with Crippen molar-refractivity contribution >= 4 is 23.4 Å². The summed E-state index contributed by atoms with van der Waals surface area (Å²) in [6, 6.07) is 4.86. The molecule has 1 heterocycles. The Morgan fingerprint density at radius 1 is 1.16 bits per heavy atom. The molecule has 7 nitrogen and oxygen atoms in total. The lowest BCUT2D eigenvalue weighted by atomic mass is 9.44. The van der Waals surface area contributed by atoms with Gasteiger partial charge in [-0.3, -0.25) is 14.3 Å². The molecule has 1 aliphatic heterocycles. The summed E-state index contributed by atoms with van der Waals surface area (Å²) in [4.78, 5) is 25.1. The smallest absolute Gasteiger partial charge is 0.480 e. The van der Waals surface area contributed by atoms with E-state index in [1.807, 2.05) is 0 Å². The van der Waals surface area contributed by atoms with Crippen LogP contribution in [-0.4, -0.2) is 47.1 Å². The summed E-state index contributed by atoms with van der Waals surface area (Å²) in [5.41, 5.74) is -0.271. The van der Waals surface area contributed by atoms with Crippen molar-refractivity contribution in [3.8, 4) is 5.75 Å². The van der Waals surface area contributed by atoms with E-state index in [0.29, 0.717) is 42.0 Å². The van der Waals surface area contributed by atoms with Crippen LogP contribution in [0.3, 0.4) is 0 Å². The van der Waals surface area contributed by atoms with Crippen LogP contribution < -0.4 is 15.4 Å². The number of aliphatic hydroxyl groups is 1. The van der Waals surface area contributed by atoms with Crippen molar-refractivity contribution in [1.29, 1.82) is 0 Å². The number of carbonyl (C=O) groups excluding carboxylic acids is 2. The molecular formula is C21H22ClF3N2O5. The van der Waals surface area contributed by atoms with Gasteiger partial charge in [-0.05, 0) is 49.8 Å². The highest BCUT2D eigenvalue weighted by atomic mass is 35.5. The monoisotopic (exact) mass is 474 g/mol. The topological polar surface area (TPSA) is 96.9 Å². The Kier molecular flexibility index (Phi) is 4.92. The van der Waals surface area contributed by atoms with E-state index in [1.165, 1.54) is 0 Å². The number of hydrogen-bond acceptors (Lipinski definition) is 5. The van der Waals surface area contributed by atoms with Crippen LogP contribution in [0.5, 0.6) is 5.75 Å². The van der Waals surface area contributed by atoms with Crippen molar-refractivity contribution < 1.29 is 37.3 Å². The number of benzene rings is 1. The van der Waals surface area contributed by atoms with Crippen LogP contribution in [0.1, 0.15) is 43.8 Å². The van der Waals surface area contributed by atoms with Crippen LogP contribution in [0.2, 0.25) is 5.02 Å². The number of carbonyl (C=O) groups is 2. The van der Waals surface area contributed by atoms with Gasteiger partial charge < -0.3 is 20.5 Å². The van der Waals surface area contributed by atoms with Crippen molar-refractivity contribution in [2.24, 2.45) is 11.8 Å². The molecule has 6 rings (SSSR count). The molecule has 4 saturated carbocycles. The van der Waals surface area contributed by atoms with Gasteiger partial charge in [0, 0.05) is 34.0 Å². The molecule has 174 valence electrons. The Balaban J connectivity index is 1.09. The molecule has 4 fully saturated rings. The van der Waals surface area contributed by atoms with E-state index in [4.69, 9.17) is 16.3 Å². The molecule has 5 aliphatic rings. The minimum Gasteiger partial charge on any atom is -0.480 e. The van der Waals surface area contributed by atoms with Gasteiger partial charge in [-0.15, -0.1) is 13.2 Å². The quantitative estimate of drug-likeness (QED) is 0.589. The fraction of sp³-hybridized carbons (Fsp3) is 0.619. The summed E-state index contributed by atoms with van der Waals surface area (Å²) in [6.07, 6.45) is -4.19. The molecule has 4 atom stereocenters. The van der Waals surface area contributed by atoms with Crippen LogP contribution >= 0.6 is 11.6 Å². The third kappa shape index (κ3) is 4.04. The highest BCUT2D eigenvalue weighted by Crippen LogP contribution is 2.61. The number of ether oxygens (including phenoxy) is 2. The Bertz CT molecular complexity index is 951. The zero-order chi connectivity index (χ0) is 22.9. The number of rotatable bonds is 6. The largest absolute Gasteiger partial charge is 0.522 e. The van der Waals surface area contributed by atoms with Crippen LogP contribution in [0.15, 0.2) is 18.2 Å². The lowest BCUT2D eigenvalue weighted by molar-refractivity contribution is -0.326. The van der Waals surface area contributed by atoms with E-state index in [9.17, 15) is 27.9 Å². The first-order valence-electron chi connectivity index (χ1n) is 10.5. The predicted molar refractivity (Wildman–Crippen MR) is 105 cm³/mol. The number of nitrogens with one attached hydrogen (secondary N) is 2. The average molecular weight is 475 g/mol. The predicted octanol–water partition coefficient (Wildman–Crippen LogP) is 2.60. The first kappa shape index (κ1) is 21.8. The fourth-order valence-corrected chi connectivity index (χ4v) is 5.46. The van der Waals surface area contributed by atoms with Gasteiger partial charge in [-0.25, -0.2) is 0 Å². The second-order valence-electron chi connectivity index (χ2n) is 9.47. The molecule has 1 aromatic rings. The SMILES string of the molecule is O=C(NC12CC(NC(=O)[C@H]3C[C@@H](O)c4cc(Cl)ccc4O3)(C1)C2)C1CC1COC(F)(F)F. The Labute approximate surface area is 186 Å². The Morgan fingerprint density at radius 2 is 1.81 bits per heavy atom. The zero-order valence-corrected chi connectivity index (χ0v) is 17.6. The first-order valence-corrected chi connectivity index (χ1v) is 10.8. The minimum atomic E-state index is -4.69. The molecule has 32 heavy (non-hydrogen) atoms. The molecule has 11 heteroatoms. The van der Waals surface area contributed by atoms with E-state index in [0.717, 1.165) is 0 Å².